The highest BCUT2D eigenvalue weighted by Crippen LogP contribution is 2.35. The van der Waals surface area contributed by atoms with E-state index in [1.807, 2.05) is 0 Å². The predicted molar refractivity (Wildman–Crippen MR) is 118 cm³/mol. The van der Waals surface area contributed by atoms with Gasteiger partial charge in [-0.1, -0.05) is 34.8 Å². The fourth-order valence-corrected chi connectivity index (χ4v) is 6.17. The topological polar surface area (TPSA) is 109 Å². The van der Waals surface area contributed by atoms with Gasteiger partial charge in [-0.15, -0.1) is 0 Å². The number of aliphatic carboxylic acids is 1. The van der Waals surface area contributed by atoms with E-state index in [-0.39, 0.29) is 27.0 Å². The van der Waals surface area contributed by atoms with Gasteiger partial charge < -0.3 is 5.11 Å². The van der Waals surface area contributed by atoms with Crippen molar-refractivity contribution in [3.63, 3.8) is 0 Å². The quantitative estimate of drug-likeness (QED) is 0.539. The lowest BCUT2D eigenvalue weighted by Gasteiger charge is -2.31. The largest absolute Gasteiger partial charge is 0.480 e. The number of carbonyl (C=O) groups is 1. The van der Waals surface area contributed by atoms with Gasteiger partial charge >= 0.3 is 5.97 Å². The molecule has 7 nitrogen and oxygen atoms in total. The lowest BCUT2D eigenvalue weighted by atomic mass is 10.2. The van der Waals surface area contributed by atoms with Crippen LogP contribution in [-0.2, 0) is 24.7 Å². The zero-order chi connectivity index (χ0) is 22.7. The fourth-order valence-electron chi connectivity index (χ4n) is 2.71. The third-order valence-corrected chi connectivity index (χ3v) is 8.40. The van der Waals surface area contributed by atoms with E-state index in [1.165, 1.54) is 49.4 Å². The Kier molecular flexibility index (Phi) is 8.03. The molecule has 0 fully saturated rings. The Morgan fingerprint density at radius 1 is 1.00 bits per heavy atom. The van der Waals surface area contributed by atoms with Gasteiger partial charge in [-0.05, 0) is 55.8 Å². The number of anilines is 1. The summed E-state index contributed by atoms with van der Waals surface area (Å²) in [6.07, 6.45) is -0.161. The van der Waals surface area contributed by atoms with E-state index in [0.717, 1.165) is 4.31 Å². The second-order valence-electron chi connectivity index (χ2n) is 6.47. The average molecular weight is 515 g/mol. The van der Waals surface area contributed by atoms with Crippen molar-refractivity contribution < 1.29 is 26.7 Å². The van der Waals surface area contributed by atoms with Crippen LogP contribution in [0.5, 0.6) is 0 Å². The maximum atomic E-state index is 13.4. The molecule has 2 aromatic rings. The van der Waals surface area contributed by atoms with Crippen molar-refractivity contribution >= 4 is 66.3 Å². The maximum absolute atomic E-state index is 13.4. The van der Waals surface area contributed by atoms with Crippen molar-refractivity contribution in [1.82, 2.24) is 0 Å². The minimum Gasteiger partial charge on any atom is -0.480 e. The predicted octanol–water partition coefficient (Wildman–Crippen LogP) is 4.12. The molecule has 12 heteroatoms. The standard InChI is InChI=1S/C18H18Cl3NO6S2/c1-12(8-9-29(25,26)11-18(23)24)22(17-10-14(20)4-7-16(17)21)30(27,28)15-5-2-13(19)3-6-15/h2-7,10,12H,8-9,11H2,1H3,(H,23,24)/t12-/m1/s1. The summed E-state index contributed by atoms with van der Waals surface area (Å²) in [5.74, 6) is -3.04. The summed E-state index contributed by atoms with van der Waals surface area (Å²) in [5.41, 5.74) is 0.0715. The van der Waals surface area contributed by atoms with Gasteiger partial charge in [0.1, 0.15) is 5.75 Å². The van der Waals surface area contributed by atoms with Crippen LogP contribution in [0, 0.1) is 0 Å². The third-order valence-electron chi connectivity index (χ3n) is 4.11. The normalized spacial score (nSPS) is 13.1. The van der Waals surface area contributed by atoms with Gasteiger partial charge in [0.2, 0.25) is 0 Å². The number of carboxylic acid groups (broad SMARTS) is 1. The smallest absolute Gasteiger partial charge is 0.318 e. The molecule has 30 heavy (non-hydrogen) atoms. The van der Waals surface area contributed by atoms with Crippen molar-refractivity contribution in [2.45, 2.75) is 24.3 Å². The average Bonchev–Trinajstić information content (AvgIpc) is 2.62. The van der Waals surface area contributed by atoms with Crippen LogP contribution in [0.3, 0.4) is 0 Å². The molecule has 0 amide bonds. The number of carboxylic acids is 1. The van der Waals surface area contributed by atoms with Crippen molar-refractivity contribution in [3.8, 4) is 0 Å². The van der Waals surface area contributed by atoms with Gasteiger partial charge in [0.25, 0.3) is 10.0 Å². The third kappa shape index (κ3) is 6.24. The molecule has 0 saturated heterocycles. The summed E-state index contributed by atoms with van der Waals surface area (Å²) < 4.78 is 51.7. The van der Waals surface area contributed by atoms with Crippen LogP contribution in [0.25, 0.3) is 0 Å². The second-order valence-corrected chi connectivity index (χ2v) is 11.8. The summed E-state index contributed by atoms with van der Waals surface area (Å²) in [5, 5.41) is 9.41. The molecule has 0 radical (unpaired) electrons. The van der Waals surface area contributed by atoms with Gasteiger partial charge in [-0.3, -0.25) is 9.10 Å². The first-order chi connectivity index (χ1) is 13.8. The SMILES string of the molecule is C[C@H](CCS(=O)(=O)CC(=O)O)N(c1cc(Cl)ccc1Cl)S(=O)(=O)c1ccc(Cl)cc1. The van der Waals surface area contributed by atoms with Gasteiger partial charge in [0.05, 0.1) is 21.4 Å². The molecular weight excluding hydrogens is 497 g/mol. The molecule has 0 aliphatic heterocycles. The number of rotatable bonds is 9. The van der Waals surface area contributed by atoms with Crippen LogP contribution in [0.15, 0.2) is 47.4 Å². The highest BCUT2D eigenvalue weighted by atomic mass is 35.5. The van der Waals surface area contributed by atoms with Crippen molar-refractivity contribution in [2.75, 3.05) is 15.8 Å². The zero-order valence-electron chi connectivity index (χ0n) is 15.6. The molecule has 0 unspecified atom stereocenters. The summed E-state index contributed by atoms with van der Waals surface area (Å²) in [6, 6.07) is 8.85. The van der Waals surface area contributed by atoms with Gasteiger partial charge in [-0.2, -0.15) is 0 Å². The molecule has 1 atom stereocenters. The first-order valence-corrected chi connectivity index (χ1v) is 12.9. The van der Waals surface area contributed by atoms with Crippen molar-refractivity contribution in [1.29, 1.82) is 0 Å². The highest BCUT2D eigenvalue weighted by Gasteiger charge is 2.32. The lowest BCUT2D eigenvalue weighted by molar-refractivity contribution is -0.134. The Hall–Kier alpha value is -1.52. The Morgan fingerprint density at radius 2 is 1.57 bits per heavy atom. The Balaban J connectivity index is 2.50. The summed E-state index contributed by atoms with van der Waals surface area (Å²) in [6.45, 7) is 1.50. The van der Waals surface area contributed by atoms with Crippen LogP contribution in [0.2, 0.25) is 15.1 Å². The van der Waals surface area contributed by atoms with E-state index in [9.17, 15) is 21.6 Å². The van der Waals surface area contributed by atoms with Gasteiger partial charge in [0.15, 0.2) is 9.84 Å². The minimum atomic E-state index is -4.18. The fraction of sp³-hybridized carbons (Fsp3) is 0.278. The zero-order valence-corrected chi connectivity index (χ0v) is 19.5. The molecule has 0 saturated carbocycles. The Morgan fingerprint density at radius 3 is 2.13 bits per heavy atom. The number of nitrogens with zero attached hydrogens (tertiary/aromatic N) is 1. The molecule has 0 bridgehead atoms. The first kappa shape index (κ1) is 24.7. The number of sulfonamides is 1. The molecular formula is C18H18Cl3NO6S2. The van der Waals surface area contributed by atoms with Crippen LogP contribution in [-0.4, -0.2) is 45.5 Å². The van der Waals surface area contributed by atoms with E-state index >= 15 is 0 Å². The molecule has 164 valence electrons. The molecule has 0 aliphatic carbocycles. The summed E-state index contributed by atoms with van der Waals surface area (Å²) in [7, 11) is -8.10. The lowest BCUT2D eigenvalue weighted by Crippen LogP contribution is -2.40. The summed E-state index contributed by atoms with van der Waals surface area (Å²) in [4.78, 5) is 10.7. The Bertz CT molecular complexity index is 1140. The van der Waals surface area contributed by atoms with Gasteiger partial charge in [-0.25, -0.2) is 16.8 Å². The van der Waals surface area contributed by atoms with Gasteiger partial charge in [0, 0.05) is 16.1 Å². The highest BCUT2D eigenvalue weighted by molar-refractivity contribution is 7.93. The van der Waals surface area contributed by atoms with E-state index in [0.29, 0.717) is 5.02 Å². The molecule has 2 rings (SSSR count). The van der Waals surface area contributed by atoms with Crippen LogP contribution in [0.1, 0.15) is 13.3 Å². The molecule has 0 aliphatic rings. The number of hydrogen-bond donors (Lipinski definition) is 1. The maximum Gasteiger partial charge on any atom is 0.318 e. The van der Waals surface area contributed by atoms with E-state index < -0.39 is 43.4 Å². The molecule has 0 aromatic heterocycles. The molecule has 0 heterocycles. The van der Waals surface area contributed by atoms with Crippen LogP contribution < -0.4 is 4.31 Å². The Labute approximate surface area is 190 Å². The monoisotopic (exact) mass is 513 g/mol. The van der Waals surface area contributed by atoms with E-state index in [4.69, 9.17) is 39.9 Å². The van der Waals surface area contributed by atoms with Crippen molar-refractivity contribution in [3.05, 3.63) is 57.5 Å². The number of sulfone groups is 1. The number of benzene rings is 2. The molecule has 1 N–H and O–H groups in total. The number of hydrogen-bond acceptors (Lipinski definition) is 5. The number of halogens is 3. The molecule has 0 spiro atoms. The minimum absolute atomic E-state index is 0.0715. The van der Waals surface area contributed by atoms with E-state index in [2.05, 4.69) is 0 Å². The van der Waals surface area contributed by atoms with Crippen LogP contribution >= 0.6 is 34.8 Å². The first-order valence-electron chi connectivity index (χ1n) is 8.51. The second kappa shape index (κ2) is 9.74. The van der Waals surface area contributed by atoms with E-state index in [1.54, 1.807) is 0 Å². The summed E-state index contributed by atoms with van der Waals surface area (Å²) >= 11 is 18.1. The van der Waals surface area contributed by atoms with Crippen LogP contribution in [0.4, 0.5) is 5.69 Å². The van der Waals surface area contributed by atoms with Crippen molar-refractivity contribution in [2.24, 2.45) is 0 Å². The molecule has 2 aromatic carbocycles.